The molecule has 1 saturated carbocycles. The standard InChI is InChI=1S/C24H37N3O4/c1-4-8-20(5-2)24(31)27-13-11-26(12-14-27)22(29)17-25-23(30)21(15-18(3)28)16-19-9-6-7-10-19/h4-5,8,19,21H,6-7,9-17H2,1-3H3,(H,25,30)/b8-4-,20-5+/t21-/m0/s1. The Bertz CT molecular complexity index is 714. The van der Waals surface area contributed by atoms with Gasteiger partial charge < -0.3 is 19.9 Å². The largest absolute Gasteiger partial charge is 0.347 e. The first-order valence-corrected chi connectivity index (χ1v) is 11.5. The highest BCUT2D eigenvalue weighted by molar-refractivity contribution is 5.96. The molecule has 7 nitrogen and oxygen atoms in total. The number of carbonyl (C=O) groups excluding carboxylic acids is 4. The van der Waals surface area contributed by atoms with Gasteiger partial charge in [-0.1, -0.05) is 43.9 Å². The quantitative estimate of drug-likeness (QED) is 0.449. The van der Waals surface area contributed by atoms with Gasteiger partial charge in [0.1, 0.15) is 5.78 Å². The van der Waals surface area contributed by atoms with E-state index in [-0.39, 0.29) is 42.4 Å². The van der Waals surface area contributed by atoms with Crippen LogP contribution in [-0.2, 0) is 19.2 Å². The molecule has 2 aliphatic rings. The van der Waals surface area contributed by atoms with Crippen LogP contribution in [-0.4, -0.2) is 66.0 Å². The number of Topliss-reactive ketones (excluding diaryl/α,β-unsaturated/α-hetero) is 1. The van der Waals surface area contributed by atoms with Crippen LogP contribution in [0.4, 0.5) is 0 Å². The smallest absolute Gasteiger partial charge is 0.253 e. The lowest BCUT2D eigenvalue weighted by Crippen LogP contribution is -2.53. The van der Waals surface area contributed by atoms with Gasteiger partial charge in [-0.05, 0) is 33.1 Å². The topological polar surface area (TPSA) is 86.8 Å². The summed E-state index contributed by atoms with van der Waals surface area (Å²) in [5.41, 5.74) is 0.647. The van der Waals surface area contributed by atoms with Crippen molar-refractivity contribution in [1.82, 2.24) is 15.1 Å². The Morgan fingerprint density at radius 1 is 1.00 bits per heavy atom. The number of nitrogens with zero attached hydrogens (tertiary/aromatic N) is 2. The lowest BCUT2D eigenvalue weighted by Gasteiger charge is -2.35. The molecule has 3 amide bonds. The summed E-state index contributed by atoms with van der Waals surface area (Å²) in [6.45, 7) is 7.00. The van der Waals surface area contributed by atoms with Crippen LogP contribution in [0, 0.1) is 11.8 Å². The molecule has 0 aromatic carbocycles. The van der Waals surface area contributed by atoms with Crippen molar-refractivity contribution in [2.75, 3.05) is 32.7 Å². The van der Waals surface area contributed by atoms with Gasteiger partial charge in [0.25, 0.3) is 5.91 Å². The number of ketones is 1. The molecule has 31 heavy (non-hydrogen) atoms. The first-order chi connectivity index (χ1) is 14.8. The summed E-state index contributed by atoms with van der Waals surface area (Å²) < 4.78 is 0. The highest BCUT2D eigenvalue weighted by atomic mass is 16.2. The Labute approximate surface area is 185 Å². The van der Waals surface area contributed by atoms with Gasteiger partial charge in [-0.25, -0.2) is 0 Å². The van der Waals surface area contributed by atoms with Gasteiger partial charge in [-0.15, -0.1) is 0 Å². The zero-order valence-corrected chi connectivity index (χ0v) is 19.2. The van der Waals surface area contributed by atoms with Crippen LogP contribution < -0.4 is 5.32 Å². The Hall–Kier alpha value is -2.44. The van der Waals surface area contributed by atoms with Crippen LogP contribution in [0.15, 0.2) is 23.8 Å². The van der Waals surface area contributed by atoms with E-state index < -0.39 is 0 Å². The van der Waals surface area contributed by atoms with Gasteiger partial charge in [-0.3, -0.25) is 14.4 Å². The molecule has 1 heterocycles. The SMILES string of the molecule is C/C=C\C(=C/C)C(=O)N1CCN(C(=O)CNC(=O)[C@@H](CC(C)=O)CC2CCCC2)CC1. The van der Waals surface area contributed by atoms with E-state index in [1.807, 2.05) is 19.9 Å². The average molecular weight is 432 g/mol. The fourth-order valence-corrected chi connectivity index (χ4v) is 4.51. The number of carbonyl (C=O) groups is 4. The number of rotatable bonds is 9. The Kier molecular flexibility index (Phi) is 9.95. The van der Waals surface area contributed by atoms with E-state index in [1.54, 1.807) is 22.0 Å². The Balaban J connectivity index is 1.81. The van der Waals surface area contributed by atoms with E-state index in [4.69, 9.17) is 0 Å². The molecule has 2 fully saturated rings. The predicted octanol–water partition coefficient (Wildman–Crippen LogP) is 2.47. The molecule has 1 N–H and O–H groups in total. The highest BCUT2D eigenvalue weighted by Gasteiger charge is 2.28. The zero-order valence-electron chi connectivity index (χ0n) is 19.2. The van der Waals surface area contributed by atoms with Gasteiger partial charge in [0.15, 0.2) is 0 Å². The first kappa shape index (κ1) is 24.8. The minimum atomic E-state index is -0.353. The van der Waals surface area contributed by atoms with Crippen molar-refractivity contribution in [2.45, 2.75) is 59.3 Å². The minimum absolute atomic E-state index is 0.00341. The summed E-state index contributed by atoms with van der Waals surface area (Å²) in [6.07, 6.45) is 11.0. The van der Waals surface area contributed by atoms with E-state index in [9.17, 15) is 19.2 Å². The molecule has 0 spiro atoms. The van der Waals surface area contributed by atoms with E-state index in [1.165, 1.54) is 19.8 Å². The maximum atomic E-state index is 12.7. The van der Waals surface area contributed by atoms with Crippen molar-refractivity contribution >= 4 is 23.5 Å². The lowest BCUT2D eigenvalue weighted by molar-refractivity contribution is -0.138. The lowest BCUT2D eigenvalue weighted by atomic mass is 9.89. The van der Waals surface area contributed by atoms with Gasteiger partial charge in [0.05, 0.1) is 6.54 Å². The van der Waals surface area contributed by atoms with Crippen molar-refractivity contribution in [3.8, 4) is 0 Å². The summed E-state index contributed by atoms with van der Waals surface area (Å²) in [7, 11) is 0. The molecule has 0 radical (unpaired) electrons. The van der Waals surface area contributed by atoms with Crippen molar-refractivity contribution in [1.29, 1.82) is 0 Å². The van der Waals surface area contributed by atoms with Gasteiger partial charge >= 0.3 is 0 Å². The van der Waals surface area contributed by atoms with Crippen molar-refractivity contribution < 1.29 is 19.2 Å². The van der Waals surface area contributed by atoms with Crippen LogP contribution in [0.25, 0.3) is 0 Å². The van der Waals surface area contributed by atoms with E-state index >= 15 is 0 Å². The molecule has 1 saturated heterocycles. The Morgan fingerprint density at radius 3 is 2.16 bits per heavy atom. The van der Waals surface area contributed by atoms with E-state index in [0.717, 1.165) is 19.3 Å². The molecule has 0 unspecified atom stereocenters. The molecular weight excluding hydrogens is 394 g/mol. The molecule has 2 rings (SSSR count). The minimum Gasteiger partial charge on any atom is -0.347 e. The third kappa shape index (κ3) is 7.64. The second-order valence-corrected chi connectivity index (χ2v) is 8.62. The second kappa shape index (κ2) is 12.4. The third-order valence-electron chi connectivity index (χ3n) is 6.23. The number of hydrogen-bond donors (Lipinski definition) is 1. The number of amides is 3. The van der Waals surface area contributed by atoms with Crippen LogP contribution in [0.1, 0.15) is 59.3 Å². The van der Waals surface area contributed by atoms with Gasteiger partial charge in [0, 0.05) is 44.1 Å². The third-order valence-corrected chi connectivity index (χ3v) is 6.23. The number of piperazine rings is 1. The number of allylic oxidation sites excluding steroid dienone is 2. The van der Waals surface area contributed by atoms with Crippen LogP contribution >= 0.6 is 0 Å². The Morgan fingerprint density at radius 2 is 1.61 bits per heavy atom. The molecule has 0 aromatic heterocycles. The predicted molar refractivity (Wildman–Crippen MR) is 120 cm³/mol. The fourth-order valence-electron chi connectivity index (χ4n) is 4.51. The molecule has 172 valence electrons. The van der Waals surface area contributed by atoms with Gasteiger partial charge in [0.2, 0.25) is 11.8 Å². The molecular formula is C24H37N3O4. The molecule has 1 aliphatic carbocycles. The summed E-state index contributed by atoms with van der Waals surface area (Å²) in [4.78, 5) is 52.8. The monoisotopic (exact) mass is 431 g/mol. The van der Waals surface area contributed by atoms with Crippen molar-refractivity contribution in [2.24, 2.45) is 11.8 Å². The summed E-state index contributed by atoms with van der Waals surface area (Å²) in [6, 6.07) is 0. The summed E-state index contributed by atoms with van der Waals surface area (Å²) in [5.74, 6) is -0.227. The molecule has 1 aliphatic heterocycles. The number of nitrogens with one attached hydrogen (secondary N) is 1. The summed E-state index contributed by atoms with van der Waals surface area (Å²) in [5, 5.41) is 2.76. The zero-order chi connectivity index (χ0) is 22.8. The maximum absolute atomic E-state index is 12.7. The van der Waals surface area contributed by atoms with E-state index in [2.05, 4.69) is 5.32 Å². The van der Waals surface area contributed by atoms with Gasteiger partial charge in [-0.2, -0.15) is 0 Å². The second-order valence-electron chi connectivity index (χ2n) is 8.62. The average Bonchev–Trinajstić information content (AvgIpc) is 3.27. The number of hydrogen-bond acceptors (Lipinski definition) is 4. The fraction of sp³-hybridized carbons (Fsp3) is 0.667. The normalized spacial score (nSPS) is 19.0. The van der Waals surface area contributed by atoms with Crippen molar-refractivity contribution in [3.63, 3.8) is 0 Å². The maximum Gasteiger partial charge on any atom is 0.253 e. The van der Waals surface area contributed by atoms with Crippen LogP contribution in [0.2, 0.25) is 0 Å². The summed E-state index contributed by atoms with van der Waals surface area (Å²) >= 11 is 0. The molecule has 7 heteroatoms. The van der Waals surface area contributed by atoms with Crippen molar-refractivity contribution in [3.05, 3.63) is 23.8 Å². The first-order valence-electron chi connectivity index (χ1n) is 11.5. The van der Waals surface area contributed by atoms with Crippen LogP contribution in [0.5, 0.6) is 0 Å². The van der Waals surface area contributed by atoms with E-state index in [0.29, 0.717) is 37.7 Å². The molecule has 1 atom stereocenters. The molecule has 0 aromatic rings. The molecule has 0 bridgehead atoms. The van der Waals surface area contributed by atoms with Crippen LogP contribution in [0.3, 0.4) is 0 Å². The highest BCUT2D eigenvalue weighted by Crippen LogP contribution is 2.31.